The van der Waals surface area contributed by atoms with Gasteiger partial charge in [-0.25, -0.2) is 0 Å². The Balaban J connectivity index is 1.05. The Bertz CT molecular complexity index is 3070. The van der Waals surface area contributed by atoms with Crippen LogP contribution in [0, 0.1) is 0 Å². The first-order valence-electron chi connectivity index (χ1n) is 19.5. The number of nitrogen functional groups attached to an aromatic ring is 2. The summed E-state index contributed by atoms with van der Waals surface area (Å²) in [4.78, 5) is 5.18. The SMILES string of the molecule is C/C=C\c1c(/C=C\C)c(N)n(-c2ccc(-c3ccc(-n4c5ccccc5c5c6c(ccc54)C4(c5ccccc5-c5ccccc54)c4cccnc4-6)cc3)cc2)c1N. The van der Waals surface area contributed by atoms with E-state index in [9.17, 15) is 0 Å². The smallest absolute Gasteiger partial charge is 0.117 e. The molecule has 272 valence electrons. The van der Waals surface area contributed by atoms with Crippen LogP contribution in [-0.2, 0) is 5.41 Å². The third-order valence-corrected chi connectivity index (χ3v) is 12.2. The molecule has 11 rings (SSSR count). The Morgan fingerprint density at radius 3 is 1.67 bits per heavy atom. The lowest BCUT2D eigenvalue weighted by molar-refractivity contribution is 0.792. The molecule has 0 saturated carbocycles. The molecule has 9 aromatic rings. The van der Waals surface area contributed by atoms with E-state index < -0.39 is 5.41 Å². The first-order chi connectivity index (χ1) is 28.1. The first kappa shape index (κ1) is 33.0. The molecule has 4 N–H and O–H groups in total. The molecule has 0 radical (unpaired) electrons. The molecule has 3 aromatic heterocycles. The van der Waals surface area contributed by atoms with E-state index >= 15 is 0 Å². The highest BCUT2D eigenvalue weighted by molar-refractivity contribution is 6.18. The molecule has 0 unspecified atom stereocenters. The van der Waals surface area contributed by atoms with E-state index in [1.165, 1.54) is 55.2 Å². The monoisotopic (exact) mass is 733 g/mol. The van der Waals surface area contributed by atoms with Gasteiger partial charge in [-0.15, -0.1) is 0 Å². The van der Waals surface area contributed by atoms with E-state index in [2.05, 4.69) is 150 Å². The van der Waals surface area contributed by atoms with Gasteiger partial charge < -0.3 is 16.0 Å². The summed E-state index contributed by atoms with van der Waals surface area (Å²) in [5, 5.41) is 2.45. The van der Waals surface area contributed by atoms with E-state index in [1.54, 1.807) is 0 Å². The van der Waals surface area contributed by atoms with Gasteiger partial charge >= 0.3 is 0 Å². The molecule has 6 aromatic carbocycles. The average molecular weight is 734 g/mol. The van der Waals surface area contributed by atoms with Crippen LogP contribution < -0.4 is 11.5 Å². The third kappa shape index (κ3) is 4.37. The first-order valence-corrected chi connectivity index (χ1v) is 19.5. The van der Waals surface area contributed by atoms with E-state index in [-0.39, 0.29) is 0 Å². The van der Waals surface area contributed by atoms with Gasteiger partial charge in [0.1, 0.15) is 11.6 Å². The van der Waals surface area contributed by atoms with Crippen molar-refractivity contribution in [2.45, 2.75) is 19.3 Å². The minimum absolute atomic E-state index is 0.441. The molecule has 5 nitrogen and oxygen atoms in total. The van der Waals surface area contributed by atoms with Gasteiger partial charge in [0.05, 0.1) is 22.1 Å². The molecule has 2 aliphatic carbocycles. The van der Waals surface area contributed by atoms with Crippen LogP contribution in [0.5, 0.6) is 0 Å². The van der Waals surface area contributed by atoms with Gasteiger partial charge in [0.2, 0.25) is 0 Å². The zero-order chi connectivity index (χ0) is 38.4. The molecule has 2 aliphatic rings. The van der Waals surface area contributed by atoms with Crippen LogP contribution in [0.4, 0.5) is 11.6 Å². The zero-order valence-electron chi connectivity index (χ0n) is 31.7. The van der Waals surface area contributed by atoms with Crippen molar-refractivity contribution in [3.8, 4) is 44.9 Å². The summed E-state index contributed by atoms with van der Waals surface area (Å²) in [6.07, 6.45) is 9.95. The van der Waals surface area contributed by atoms with Gasteiger partial charge in [-0.05, 0) is 101 Å². The fraction of sp³-hybridized carbons (Fsp3) is 0.0577. The summed E-state index contributed by atoms with van der Waals surface area (Å²) >= 11 is 0. The summed E-state index contributed by atoms with van der Waals surface area (Å²) in [6.45, 7) is 3.97. The normalized spacial score (nSPS) is 13.6. The Hall–Kier alpha value is -7.37. The standard InChI is InChI=1S/C52H39N5/c1-3-12-38-39(13-4-2)51(54)57(50(38)53)35-27-23-33(24-28-35)32-21-25-34(26-22-32)56-45-20-10-7-16-40(45)47-46(56)30-29-43-48(47)49-44(19-11-31-55-49)52(43)41-17-8-5-14-36(41)37-15-6-9-18-42(37)52/h3-31H,53-54H2,1-2H3/b12-3-,13-4-. The number of aromatic nitrogens is 3. The molecule has 0 aliphatic heterocycles. The molecule has 0 fully saturated rings. The highest BCUT2D eigenvalue weighted by Crippen LogP contribution is 2.63. The average Bonchev–Trinajstić information content (AvgIpc) is 3.93. The quantitative estimate of drug-likeness (QED) is 0.185. The lowest BCUT2D eigenvalue weighted by atomic mass is 9.71. The van der Waals surface area contributed by atoms with Crippen LogP contribution in [0.1, 0.15) is 47.2 Å². The fourth-order valence-corrected chi connectivity index (χ4v) is 9.98. The second-order valence-corrected chi connectivity index (χ2v) is 15.0. The number of benzene rings is 6. The third-order valence-electron chi connectivity index (χ3n) is 12.2. The number of para-hydroxylation sites is 1. The van der Waals surface area contributed by atoms with Crippen molar-refractivity contribution >= 4 is 45.6 Å². The summed E-state index contributed by atoms with van der Waals surface area (Å²) in [5.74, 6) is 1.25. The molecule has 0 amide bonds. The summed E-state index contributed by atoms with van der Waals surface area (Å²) < 4.78 is 4.33. The number of pyridine rings is 1. The number of anilines is 2. The van der Waals surface area contributed by atoms with E-state index in [0.717, 1.165) is 44.8 Å². The topological polar surface area (TPSA) is 74.8 Å². The Kier molecular flexibility index (Phi) is 7.13. The minimum Gasteiger partial charge on any atom is -0.384 e. The summed E-state index contributed by atoms with van der Waals surface area (Å²) in [6, 6.07) is 53.1. The number of hydrogen-bond acceptors (Lipinski definition) is 3. The van der Waals surface area contributed by atoms with Gasteiger partial charge in [0.25, 0.3) is 0 Å². The molecule has 0 bridgehead atoms. The Morgan fingerprint density at radius 1 is 0.509 bits per heavy atom. The second-order valence-electron chi connectivity index (χ2n) is 15.0. The van der Waals surface area contributed by atoms with Crippen molar-refractivity contribution in [1.29, 1.82) is 0 Å². The second kappa shape index (κ2) is 12.3. The predicted octanol–water partition coefficient (Wildman–Crippen LogP) is 12.2. The van der Waals surface area contributed by atoms with Crippen molar-refractivity contribution in [2.75, 3.05) is 11.5 Å². The molecular weight excluding hydrogens is 695 g/mol. The molecular formula is C52H39N5. The van der Waals surface area contributed by atoms with Crippen LogP contribution in [0.2, 0.25) is 0 Å². The van der Waals surface area contributed by atoms with Crippen LogP contribution in [-0.4, -0.2) is 14.1 Å². The maximum absolute atomic E-state index is 6.66. The van der Waals surface area contributed by atoms with Crippen molar-refractivity contribution in [3.63, 3.8) is 0 Å². The molecule has 0 saturated heterocycles. The van der Waals surface area contributed by atoms with Crippen molar-refractivity contribution in [2.24, 2.45) is 0 Å². The maximum atomic E-state index is 6.66. The molecule has 0 atom stereocenters. The van der Waals surface area contributed by atoms with E-state index in [0.29, 0.717) is 11.6 Å². The van der Waals surface area contributed by atoms with Gasteiger partial charge in [0, 0.05) is 45.0 Å². The van der Waals surface area contributed by atoms with Crippen molar-refractivity contribution in [1.82, 2.24) is 14.1 Å². The number of nitrogens with zero attached hydrogens (tertiary/aromatic N) is 3. The van der Waals surface area contributed by atoms with Crippen LogP contribution in [0.25, 0.3) is 78.8 Å². The Labute approximate surface area is 331 Å². The van der Waals surface area contributed by atoms with Crippen LogP contribution in [0.15, 0.2) is 164 Å². The number of fused-ring (bicyclic) bond motifs is 14. The molecule has 3 heterocycles. The summed E-state index contributed by atoms with van der Waals surface area (Å²) in [5.41, 5.74) is 31.4. The van der Waals surface area contributed by atoms with Crippen molar-refractivity contribution < 1.29 is 0 Å². The van der Waals surface area contributed by atoms with E-state index in [1.807, 2.05) is 48.9 Å². The number of hydrogen-bond donors (Lipinski definition) is 2. The highest BCUT2D eigenvalue weighted by atomic mass is 15.1. The lowest BCUT2D eigenvalue weighted by Crippen LogP contribution is -2.25. The predicted molar refractivity (Wildman–Crippen MR) is 238 cm³/mol. The van der Waals surface area contributed by atoms with Gasteiger partial charge in [-0.3, -0.25) is 9.55 Å². The number of allylic oxidation sites excluding steroid dienone is 2. The van der Waals surface area contributed by atoms with Crippen molar-refractivity contribution in [3.05, 3.63) is 197 Å². The van der Waals surface area contributed by atoms with Gasteiger partial charge in [0.15, 0.2) is 0 Å². The lowest BCUT2D eigenvalue weighted by Gasteiger charge is -2.30. The molecule has 5 heteroatoms. The summed E-state index contributed by atoms with van der Waals surface area (Å²) in [7, 11) is 0. The number of nitrogens with two attached hydrogens (primary N) is 2. The number of rotatable bonds is 5. The Morgan fingerprint density at radius 2 is 1.05 bits per heavy atom. The zero-order valence-corrected chi connectivity index (χ0v) is 31.7. The molecule has 1 spiro atoms. The van der Waals surface area contributed by atoms with Gasteiger partial charge in [-0.2, -0.15) is 0 Å². The molecule has 57 heavy (non-hydrogen) atoms. The van der Waals surface area contributed by atoms with Gasteiger partial charge in [-0.1, -0.05) is 127 Å². The van der Waals surface area contributed by atoms with Crippen LogP contribution in [0.3, 0.4) is 0 Å². The highest BCUT2D eigenvalue weighted by Gasteiger charge is 2.52. The largest absolute Gasteiger partial charge is 0.384 e. The fourth-order valence-electron chi connectivity index (χ4n) is 9.98. The maximum Gasteiger partial charge on any atom is 0.117 e. The minimum atomic E-state index is -0.441. The van der Waals surface area contributed by atoms with Crippen LogP contribution >= 0.6 is 0 Å². The van der Waals surface area contributed by atoms with E-state index in [4.69, 9.17) is 16.5 Å².